The first-order chi connectivity index (χ1) is 21.6. The van der Waals surface area contributed by atoms with E-state index < -0.39 is 6.04 Å². The van der Waals surface area contributed by atoms with Gasteiger partial charge in [-0.25, -0.2) is 4.98 Å². The van der Waals surface area contributed by atoms with Crippen molar-refractivity contribution in [3.05, 3.63) is 132 Å². The first-order valence-electron chi connectivity index (χ1n) is 14.4. The molecule has 10 heteroatoms. The second-order valence-corrected chi connectivity index (χ2v) is 10.4. The fraction of sp³-hybridized carbons (Fsp3) is 0.206. The highest BCUT2D eigenvalue weighted by Crippen LogP contribution is 2.29. The number of para-hydroxylation sites is 1. The monoisotopic (exact) mass is 587 g/mol. The Balaban J connectivity index is 1.41. The summed E-state index contributed by atoms with van der Waals surface area (Å²) in [5.41, 5.74) is 4.43. The second kappa shape index (κ2) is 13.2. The molecule has 1 amide bonds. The summed E-state index contributed by atoms with van der Waals surface area (Å²) in [4.78, 5) is 25.1. The van der Waals surface area contributed by atoms with Crippen LogP contribution in [0.5, 0.6) is 11.5 Å². The zero-order chi connectivity index (χ0) is 30.3. The zero-order valence-electron chi connectivity index (χ0n) is 24.6. The summed E-state index contributed by atoms with van der Waals surface area (Å²) >= 11 is 0. The van der Waals surface area contributed by atoms with Crippen LogP contribution < -0.4 is 14.8 Å². The van der Waals surface area contributed by atoms with E-state index in [1.165, 1.54) is 24.2 Å². The number of aromatic nitrogens is 6. The number of carbonyl (C=O) groups is 1. The number of methoxy groups -OCH3 is 2. The minimum absolute atomic E-state index is 0.226. The molecule has 1 atom stereocenters. The Labute approximate surface area is 255 Å². The predicted molar refractivity (Wildman–Crippen MR) is 167 cm³/mol. The summed E-state index contributed by atoms with van der Waals surface area (Å²) in [6.07, 6.45) is 8.41. The predicted octanol–water partition coefficient (Wildman–Crippen LogP) is 5.11. The SMILES string of the molecule is COc1ccc(Cn2c(CCc3ccccc3)nnc2C(Cc2c[nH]c3ccccc23)NC(=O)c2cnccn2)c(OC)c1. The quantitative estimate of drug-likeness (QED) is 0.204. The van der Waals surface area contributed by atoms with Crippen molar-refractivity contribution in [2.24, 2.45) is 0 Å². The number of aryl methyl sites for hydroxylation is 2. The number of aromatic amines is 1. The molecule has 0 saturated heterocycles. The smallest absolute Gasteiger partial charge is 0.272 e. The molecule has 0 saturated carbocycles. The van der Waals surface area contributed by atoms with E-state index in [4.69, 9.17) is 14.6 Å². The Morgan fingerprint density at radius 1 is 0.932 bits per heavy atom. The summed E-state index contributed by atoms with van der Waals surface area (Å²) in [5.74, 6) is 2.49. The summed E-state index contributed by atoms with van der Waals surface area (Å²) in [6, 6.07) is 23.6. The van der Waals surface area contributed by atoms with E-state index >= 15 is 0 Å². The van der Waals surface area contributed by atoms with Crippen molar-refractivity contribution >= 4 is 16.8 Å². The first kappa shape index (κ1) is 28.6. The third kappa shape index (κ3) is 6.29. The lowest BCUT2D eigenvalue weighted by molar-refractivity contribution is 0.0928. The summed E-state index contributed by atoms with van der Waals surface area (Å²) < 4.78 is 13.3. The molecule has 0 aliphatic carbocycles. The largest absolute Gasteiger partial charge is 0.497 e. The van der Waals surface area contributed by atoms with Crippen LogP contribution in [0.25, 0.3) is 10.9 Å². The van der Waals surface area contributed by atoms with Gasteiger partial charge in [-0.15, -0.1) is 10.2 Å². The molecule has 0 radical (unpaired) electrons. The lowest BCUT2D eigenvalue weighted by Crippen LogP contribution is -2.33. The van der Waals surface area contributed by atoms with Gasteiger partial charge in [-0.2, -0.15) is 0 Å². The Kier molecular flexibility index (Phi) is 8.58. The van der Waals surface area contributed by atoms with Crippen LogP contribution in [0.2, 0.25) is 0 Å². The molecule has 6 aromatic rings. The van der Waals surface area contributed by atoms with E-state index in [1.807, 2.05) is 60.8 Å². The van der Waals surface area contributed by atoms with Crippen molar-refractivity contribution < 1.29 is 14.3 Å². The molecule has 1 unspecified atom stereocenters. The molecule has 3 aromatic carbocycles. The lowest BCUT2D eigenvalue weighted by atomic mass is 10.0. The number of nitrogens with one attached hydrogen (secondary N) is 2. The summed E-state index contributed by atoms with van der Waals surface area (Å²) in [7, 11) is 3.27. The number of benzene rings is 3. The van der Waals surface area contributed by atoms with Crippen molar-refractivity contribution in [2.45, 2.75) is 31.8 Å². The molecule has 0 bridgehead atoms. The topological polar surface area (TPSA) is 120 Å². The Morgan fingerprint density at radius 2 is 1.77 bits per heavy atom. The minimum Gasteiger partial charge on any atom is -0.497 e. The van der Waals surface area contributed by atoms with Crippen LogP contribution in [-0.4, -0.2) is 49.8 Å². The standard InChI is InChI=1S/C34H33N7O3/c1-43-26-14-13-24(31(19-26)44-2)22-41-32(15-12-23-8-4-3-5-9-23)39-40-33(41)29(38-34(42)30-21-35-16-17-36-30)18-25-20-37-28-11-7-6-10-27(25)28/h3-11,13-14,16-17,19-21,29,37H,12,15,18,22H2,1-2H3,(H,38,42). The van der Waals surface area contributed by atoms with Gasteiger partial charge in [0.05, 0.1) is 33.0 Å². The van der Waals surface area contributed by atoms with Crippen molar-refractivity contribution in [3.8, 4) is 11.5 Å². The Morgan fingerprint density at radius 3 is 2.57 bits per heavy atom. The number of carbonyl (C=O) groups excluding carboxylic acids is 1. The molecule has 3 aromatic heterocycles. The fourth-order valence-corrected chi connectivity index (χ4v) is 5.39. The average Bonchev–Trinajstić information content (AvgIpc) is 3.68. The van der Waals surface area contributed by atoms with Crippen molar-refractivity contribution in [1.29, 1.82) is 0 Å². The van der Waals surface area contributed by atoms with E-state index in [2.05, 4.69) is 48.1 Å². The van der Waals surface area contributed by atoms with Gasteiger partial charge < -0.3 is 24.3 Å². The highest BCUT2D eigenvalue weighted by molar-refractivity contribution is 5.92. The number of H-pyrrole nitrogens is 1. The van der Waals surface area contributed by atoms with Crippen LogP contribution in [-0.2, 0) is 25.8 Å². The maximum Gasteiger partial charge on any atom is 0.272 e. The average molecular weight is 588 g/mol. The molecule has 0 spiro atoms. The van der Waals surface area contributed by atoms with Crippen LogP contribution in [0, 0.1) is 0 Å². The highest BCUT2D eigenvalue weighted by Gasteiger charge is 2.26. The molecule has 2 N–H and O–H groups in total. The molecule has 0 aliphatic rings. The van der Waals surface area contributed by atoms with Crippen molar-refractivity contribution in [2.75, 3.05) is 14.2 Å². The summed E-state index contributed by atoms with van der Waals surface area (Å²) in [6.45, 7) is 0.436. The zero-order valence-corrected chi connectivity index (χ0v) is 24.6. The highest BCUT2D eigenvalue weighted by atomic mass is 16.5. The first-order valence-corrected chi connectivity index (χ1v) is 14.4. The van der Waals surface area contributed by atoms with Crippen molar-refractivity contribution in [3.63, 3.8) is 0 Å². The molecular formula is C34H33N7O3. The van der Waals surface area contributed by atoms with Crippen molar-refractivity contribution in [1.82, 2.24) is 35.0 Å². The van der Waals surface area contributed by atoms with Gasteiger partial charge in [-0.3, -0.25) is 9.78 Å². The second-order valence-electron chi connectivity index (χ2n) is 10.4. The number of amides is 1. The number of nitrogens with zero attached hydrogens (tertiary/aromatic N) is 5. The van der Waals surface area contributed by atoms with Gasteiger partial charge in [0.15, 0.2) is 5.82 Å². The Hall–Kier alpha value is -5.51. The van der Waals surface area contributed by atoms with E-state index in [0.29, 0.717) is 36.7 Å². The lowest BCUT2D eigenvalue weighted by Gasteiger charge is -2.21. The molecule has 44 heavy (non-hydrogen) atoms. The molecule has 3 heterocycles. The van der Waals surface area contributed by atoms with Gasteiger partial charge in [0.25, 0.3) is 5.91 Å². The van der Waals surface area contributed by atoms with E-state index in [9.17, 15) is 4.79 Å². The Bertz CT molecular complexity index is 1850. The minimum atomic E-state index is -0.522. The normalized spacial score (nSPS) is 11.8. The number of hydrogen-bond donors (Lipinski definition) is 2. The number of ether oxygens (including phenoxy) is 2. The van der Waals surface area contributed by atoms with Gasteiger partial charge in [-0.1, -0.05) is 48.5 Å². The third-order valence-electron chi connectivity index (χ3n) is 7.67. The molecule has 0 fully saturated rings. The van der Waals surface area contributed by atoms with Gasteiger partial charge in [0, 0.05) is 54.0 Å². The molecular weight excluding hydrogens is 554 g/mol. The van der Waals surface area contributed by atoms with Gasteiger partial charge >= 0.3 is 0 Å². The number of fused-ring (bicyclic) bond motifs is 1. The number of hydrogen-bond acceptors (Lipinski definition) is 7. The molecule has 6 rings (SSSR count). The van der Waals surface area contributed by atoms with Crippen LogP contribution in [0.1, 0.15) is 44.9 Å². The number of rotatable bonds is 12. The van der Waals surface area contributed by atoms with Gasteiger partial charge in [-0.05, 0) is 35.7 Å². The molecule has 222 valence electrons. The van der Waals surface area contributed by atoms with Gasteiger partial charge in [0.1, 0.15) is 23.0 Å². The molecule has 10 nitrogen and oxygen atoms in total. The van der Waals surface area contributed by atoms with Crippen LogP contribution >= 0.6 is 0 Å². The van der Waals surface area contributed by atoms with Gasteiger partial charge in [0.2, 0.25) is 0 Å². The fourth-order valence-electron chi connectivity index (χ4n) is 5.39. The summed E-state index contributed by atoms with van der Waals surface area (Å²) in [5, 5.41) is 13.6. The van der Waals surface area contributed by atoms with Crippen LogP contribution in [0.3, 0.4) is 0 Å². The maximum absolute atomic E-state index is 13.5. The third-order valence-corrected chi connectivity index (χ3v) is 7.67. The maximum atomic E-state index is 13.5. The van der Waals surface area contributed by atoms with E-state index in [1.54, 1.807) is 14.2 Å². The molecule has 0 aliphatic heterocycles. The van der Waals surface area contributed by atoms with Crippen LogP contribution in [0.4, 0.5) is 0 Å². The van der Waals surface area contributed by atoms with Crippen LogP contribution in [0.15, 0.2) is 97.6 Å². The van der Waals surface area contributed by atoms with E-state index in [0.717, 1.165) is 34.3 Å². The van der Waals surface area contributed by atoms with E-state index in [-0.39, 0.29) is 11.6 Å².